The van der Waals surface area contributed by atoms with Crippen molar-refractivity contribution in [2.45, 2.75) is 38.1 Å². The van der Waals surface area contributed by atoms with E-state index in [1.165, 1.54) is 6.07 Å². The van der Waals surface area contributed by atoms with Crippen LogP contribution in [0, 0.1) is 0 Å². The highest BCUT2D eigenvalue weighted by molar-refractivity contribution is 5.91. The Morgan fingerprint density at radius 3 is 2.56 bits per heavy atom. The Morgan fingerprint density at radius 1 is 1.28 bits per heavy atom. The number of rotatable bonds is 6. The van der Waals surface area contributed by atoms with E-state index < -0.39 is 17.6 Å². The van der Waals surface area contributed by atoms with E-state index in [4.69, 9.17) is 15.2 Å². The van der Waals surface area contributed by atoms with Crippen molar-refractivity contribution >= 4 is 24.0 Å². The van der Waals surface area contributed by atoms with E-state index in [0.29, 0.717) is 18.8 Å². The second-order valence-corrected chi connectivity index (χ2v) is 5.60. The fourth-order valence-electron chi connectivity index (χ4n) is 2.43. The van der Waals surface area contributed by atoms with Gasteiger partial charge in [-0.25, -0.2) is 0 Å². The summed E-state index contributed by atoms with van der Waals surface area (Å²) in [4.78, 5) is 11.9. The first kappa shape index (κ1) is 21.7. The highest BCUT2D eigenvalue weighted by Crippen LogP contribution is 2.32. The molecule has 0 spiro atoms. The van der Waals surface area contributed by atoms with Crippen LogP contribution in [-0.4, -0.2) is 31.8 Å². The molecule has 142 valence electrons. The number of carbonyl (C=O) groups is 1. The molecule has 0 unspecified atom stereocenters. The van der Waals surface area contributed by atoms with Crippen LogP contribution in [-0.2, 0) is 27.0 Å². The zero-order valence-electron chi connectivity index (χ0n) is 13.6. The van der Waals surface area contributed by atoms with E-state index in [1.807, 2.05) is 0 Å². The number of hydrogen-bond donors (Lipinski definition) is 2. The molecule has 0 atom stereocenters. The number of benzene rings is 1. The largest absolute Gasteiger partial charge is 0.416 e. The minimum Gasteiger partial charge on any atom is -0.381 e. The van der Waals surface area contributed by atoms with Crippen molar-refractivity contribution in [1.29, 1.82) is 0 Å². The first-order chi connectivity index (χ1) is 11.4. The minimum absolute atomic E-state index is 0. The van der Waals surface area contributed by atoms with Gasteiger partial charge in [-0.05, 0) is 36.6 Å². The molecule has 1 aromatic rings. The number of hydrogen-bond acceptors (Lipinski definition) is 4. The molecule has 0 saturated carbocycles. The molecule has 0 radical (unpaired) electrons. The van der Waals surface area contributed by atoms with Crippen LogP contribution in [0.1, 0.15) is 30.4 Å². The Morgan fingerprint density at radius 2 is 1.96 bits per heavy atom. The summed E-state index contributed by atoms with van der Waals surface area (Å²) >= 11 is 0. The minimum atomic E-state index is -4.49. The first-order valence-electron chi connectivity index (χ1n) is 7.79. The zero-order chi connectivity index (χ0) is 17.6. The molecule has 1 aliphatic rings. The highest BCUT2D eigenvalue weighted by Gasteiger charge is 2.31. The maximum atomic E-state index is 12.8. The summed E-state index contributed by atoms with van der Waals surface area (Å²) < 4.78 is 49.3. The molecule has 0 aromatic heterocycles. The molecule has 1 aliphatic heterocycles. The van der Waals surface area contributed by atoms with Gasteiger partial charge in [-0.1, -0.05) is 0 Å². The normalized spacial score (nSPS) is 15.5. The number of amides is 1. The number of nitrogens with two attached hydrogens (primary N) is 1. The lowest BCUT2D eigenvalue weighted by molar-refractivity contribution is -0.137. The van der Waals surface area contributed by atoms with Crippen LogP contribution in [0.15, 0.2) is 18.2 Å². The van der Waals surface area contributed by atoms with Crippen LogP contribution in [0.25, 0.3) is 0 Å². The molecular formula is C16H22ClF3N2O3. The van der Waals surface area contributed by atoms with E-state index in [0.717, 1.165) is 25.0 Å². The third-order valence-corrected chi connectivity index (χ3v) is 3.69. The van der Waals surface area contributed by atoms with Gasteiger partial charge in [0.1, 0.15) is 0 Å². The van der Waals surface area contributed by atoms with E-state index >= 15 is 0 Å². The van der Waals surface area contributed by atoms with Crippen LogP contribution >= 0.6 is 12.4 Å². The standard InChI is InChI=1S/C16H21F3N2O3.ClH/c17-16(18,19)12-7-11(10-20)8-13(9-12)21-15(22)3-6-24-14-1-4-23-5-2-14;/h7-9,14H,1-6,10,20H2,(H,21,22);1H. The van der Waals surface area contributed by atoms with Crippen molar-refractivity contribution < 1.29 is 27.4 Å². The monoisotopic (exact) mass is 382 g/mol. The number of carbonyl (C=O) groups excluding carboxylic acids is 1. The van der Waals surface area contributed by atoms with Crippen LogP contribution in [0.4, 0.5) is 18.9 Å². The van der Waals surface area contributed by atoms with Crippen molar-refractivity contribution in [3.8, 4) is 0 Å². The number of halogens is 4. The lowest BCUT2D eigenvalue weighted by Gasteiger charge is -2.22. The van der Waals surface area contributed by atoms with Crippen molar-refractivity contribution in [3.05, 3.63) is 29.3 Å². The van der Waals surface area contributed by atoms with Crippen molar-refractivity contribution in [1.82, 2.24) is 0 Å². The molecule has 0 aliphatic carbocycles. The SMILES string of the molecule is Cl.NCc1cc(NC(=O)CCOC2CCOCC2)cc(C(F)(F)F)c1. The Bertz CT molecular complexity index is 564. The lowest BCUT2D eigenvalue weighted by atomic mass is 10.1. The molecular weight excluding hydrogens is 361 g/mol. The fourth-order valence-corrected chi connectivity index (χ4v) is 2.43. The number of anilines is 1. The summed E-state index contributed by atoms with van der Waals surface area (Å²) in [6.07, 6.45) is -2.77. The van der Waals surface area contributed by atoms with Gasteiger partial charge in [-0.15, -0.1) is 12.4 Å². The predicted molar refractivity (Wildman–Crippen MR) is 89.6 cm³/mol. The molecule has 2 rings (SSSR count). The number of alkyl halides is 3. The van der Waals surface area contributed by atoms with Gasteiger partial charge in [0.2, 0.25) is 5.91 Å². The molecule has 1 amide bonds. The Balaban J connectivity index is 0.00000312. The van der Waals surface area contributed by atoms with Crippen LogP contribution < -0.4 is 11.1 Å². The third-order valence-electron chi connectivity index (χ3n) is 3.69. The van der Waals surface area contributed by atoms with Gasteiger partial charge in [0.05, 0.1) is 24.7 Å². The second-order valence-electron chi connectivity index (χ2n) is 5.60. The second kappa shape index (κ2) is 9.96. The molecule has 1 aromatic carbocycles. The summed E-state index contributed by atoms with van der Waals surface area (Å²) in [5.74, 6) is -0.399. The van der Waals surface area contributed by atoms with E-state index in [2.05, 4.69) is 5.32 Å². The lowest BCUT2D eigenvalue weighted by Crippen LogP contribution is -2.25. The van der Waals surface area contributed by atoms with Gasteiger partial charge in [0.25, 0.3) is 0 Å². The summed E-state index contributed by atoms with van der Waals surface area (Å²) in [6.45, 7) is 1.46. The van der Waals surface area contributed by atoms with Crippen LogP contribution in [0.5, 0.6) is 0 Å². The Kier molecular flexibility index (Phi) is 8.64. The molecule has 25 heavy (non-hydrogen) atoms. The average Bonchev–Trinajstić information content (AvgIpc) is 2.54. The van der Waals surface area contributed by atoms with Crippen LogP contribution in [0.2, 0.25) is 0 Å². The highest BCUT2D eigenvalue weighted by atomic mass is 35.5. The topological polar surface area (TPSA) is 73.6 Å². The maximum absolute atomic E-state index is 12.8. The summed E-state index contributed by atoms with van der Waals surface area (Å²) in [5.41, 5.74) is 4.97. The van der Waals surface area contributed by atoms with Crippen LogP contribution in [0.3, 0.4) is 0 Å². The zero-order valence-corrected chi connectivity index (χ0v) is 14.4. The predicted octanol–water partition coefficient (Wildman–Crippen LogP) is 3.11. The number of nitrogens with one attached hydrogen (secondary N) is 1. The van der Waals surface area contributed by atoms with E-state index in [9.17, 15) is 18.0 Å². The average molecular weight is 383 g/mol. The quantitative estimate of drug-likeness (QED) is 0.792. The third kappa shape index (κ3) is 7.19. The van der Waals surface area contributed by atoms with Crippen molar-refractivity contribution in [2.75, 3.05) is 25.1 Å². The van der Waals surface area contributed by atoms with Crippen molar-refractivity contribution in [3.63, 3.8) is 0 Å². The molecule has 5 nitrogen and oxygen atoms in total. The number of ether oxygens (including phenoxy) is 2. The maximum Gasteiger partial charge on any atom is 0.416 e. The first-order valence-corrected chi connectivity index (χ1v) is 7.79. The summed E-state index contributed by atoms with van der Waals surface area (Å²) in [5, 5.41) is 2.47. The van der Waals surface area contributed by atoms with Crippen molar-refractivity contribution in [2.24, 2.45) is 5.73 Å². The van der Waals surface area contributed by atoms with Gasteiger partial charge in [-0.2, -0.15) is 13.2 Å². The van der Waals surface area contributed by atoms with E-state index in [-0.39, 0.29) is 43.8 Å². The Hall–Kier alpha value is -1.35. The van der Waals surface area contributed by atoms with Gasteiger partial charge in [0, 0.05) is 25.4 Å². The molecule has 1 heterocycles. The molecule has 1 fully saturated rings. The van der Waals surface area contributed by atoms with Gasteiger partial charge >= 0.3 is 6.18 Å². The molecule has 0 bridgehead atoms. The van der Waals surface area contributed by atoms with E-state index in [1.54, 1.807) is 0 Å². The molecule has 3 N–H and O–H groups in total. The van der Waals surface area contributed by atoms with Gasteiger partial charge in [0.15, 0.2) is 0 Å². The Labute approximate surface area is 150 Å². The summed E-state index contributed by atoms with van der Waals surface area (Å²) in [6, 6.07) is 3.31. The molecule has 9 heteroatoms. The smallest absolute Gasteiger partial charge is 0.381 e. The molecule has 1 saturated heterocycles. The van der Waals surface area contributed by atoms with Gasteiger partial charge in [-0.3, -0.25) is 4.79 Å². The summed E-state index contributed by atoms with van der Waals surface area (Å²) in [7, 11) is 0. The fraction of sp³-hybridized carbons (Fsp3) is 0.562. The van der Waals surface area contributed by atoms with Gasteiger partial charge < -0.3 is 20.5 Å².